The smallest absolute Gasteiger partial charge is 0.240 e. The van der Waals surface area contributed by atoms with E-state index in [4.69, 9.17) is 30.5 Å². The van der Waals surface area contributed by atoms with Gasteiger partial charge in [0.1, 0.15) is 23.4 Å². The fourth-order valence-electron chi connectivity index (χ4n) is 8.43. The predicted octanol–water partition coefficient (Wildman–Crippen LogP) is 5.55. The second-order valence-electron chi connectivity index (χ2n) is 15.6. The number of nitrogens with one attached hydrogen (secondary N) is 1. The van der Waals surface area contributed by atoms with Crippen molar-refractivity contribution in [2.45, 2.75) is 69.1 Å². The molecule has 2 aliphatic heterocycles. The summed E-state index contributed by atoms with van der Waals surface area (Å²) < 4.78 is 45.1. The molecule has 0 radical (unpaired) electrons. The molecular weight excluding hydrogens is 782 g/mol. The van der Waals surface area contributed by atoms with Crippen molar-refractivity contribution in [3.8, 4) is 40.4 Å². The number of fused-ring (bicyclic) bond motifs is 2. The van der Waals surface area contributed by atoms with Crippen molar-refractivity contribution in [1.29, 1.82) is 5.26 Å². The maximum Gasteiger partial charge on any atom is 0.240 e. The molecule has 4 aliphatic rings. The van der Waals surface area contributed by atoms with E-state index in [1.165, 1.54) is 0 Å². The molecule has 58 heavy (non-hydrogen) atoms. The summed E-state index contributed by atoms with van der Waals surface area (Å²) in [5.74, 6) is 0.177. The summed E-state index contributed by atoms with van der Waals surface area (Å²) in [7, 11) is -2.03. The highest BCUT2D eigenvalue weighted by atomic mass is 35.5. The number of aliphatic hydroxyl groups excluding tert-OH is 1. The van der Waals surface area contributed by atoms with Crippen LogP contribution >= 0.6 is 11.6 Å². The van der Waals surface area contributed by atoms with Crippen LogP contribution in [0.1, 0.15) is 66.2 Å². The van der Waals surface area contributed by atoms with Crippen molar-refractivity contribution in [1.82, 2.24) is 29.5 Å². The highest BCUT2D eigenvalue weighted by molar-refractivity contribution is 7.90. The first-order chi connectivity index (χ1) is 28.1. The Labute approximate surface area is 340 Å². The molecule has 1 amide bonds. The fraction of sp³-hybridized carbons (Fsp3) is 0.405. The number of ether oxygens (including phenoxy) is 2. The second kappa shape index (κ2) is 15.6. The molecule has 14 nitrogen and oxygen atoms in total. The van der Waals surface area contributed by atoms with Gasteiger partial charge in [0.2, 0.25) is 33.6 Å². The average Bonchev–Trinajstić information content (AvgIpc) is 3.47. The van der Waals surface area contributed by atoms with E-state index in [9.17, 15) is 23.6 Å². The molecule has 5 aromatic rings. The normalized spacial score (nSPS) is 21.0. The molecule has 9 rings (SSSR count). The van der Waals surface area contributed by atoms with E-state index in [2.05, 4.69) is 36.6 Å². The minimum atomic E-state index is -3.60. The molecule has 4 heterocycles. The number of sulfonamides is 1. The quantitative estimate of drug-likeness (QED) is 0.160. The van der Waals surface area contributed by atoms with E-state index in [1.807, 2.05) is 36.4 Å². The van der Waals surface area contributed by atoms with Crippen molar-refractivity contribution in [2.24, 2.45) is 5.92 Å². The molecule has 2 saturated heterocycles. The number of rotatable bonds is 12. The lowest BCUT2D eigenvalue weighted by molar-refractivity contribution is -0.122. The number of carbonyl (C=O) groups is 1. The third-order valence-corrected chi connectivity index (χ3v) is 13.8. The van der Waals surface area contributed by atoms with E-state index < -0.39 is 27.1 Å². The summed E-state index contributed by atoms with van der Waals surface area (Å²) in [6, 6.07) is 17.7. The number of oxazole rings is 1. The van der Waals surface area contributed by atoms with Crippen LogP contribution in [-0.2, 0) is 34.3 Å². The van der Waals surface area contributed by atoms with Crippen molar-refractivity contribution in [3.05, 3.63) is 87.7 Å². The van der Waals surface area contributed by atoms with Crippen LogP contribution in [0.2, 0.25) is 5.02 Å². The van der Waals surface area contributed by atoms with Gasteiger partial charge < -0.3 is 19.0 Å². The van der Waals surface area contributed by atoms with Gasteiger partial charge in [0.25, 0.3) is 0 Å². The molecule has 3 fully saturated rings. The van der Waals surface area contributed by atoms with Gasteiger partial charge in [0.15, 0.2) is 5.58 Å². The van der Waals surface area contributed by atoms with Crippen LogP contribution in [0.15, 0.2) is 59.1 Å². The number of nitrogens with zero attached hydrogens (tertiary/aromatic N) is 6. The Morgan fingerprint density at radius 2 is 1.79 bits per heavy atom. The molecular formula is C42H42ClN7O7S. The minimum absolute atomic E-state index is 0.252. The lowest BCUT2D eigenvalue weighted by Crippen LogP contribution is -2.38. The summed E-state index contributed by atoms with van der Waals surface area (Å²) in [6.45, 7) is 3.41. The Balaban J connectivity index is 0.923. The van der Waals surface area contributed by atoms with Crippen molar-refractivity contribution < 1.29 is 32.2 Å². The number of halogens is 1. The van der Waals surface area contributed by atoms with Gasteiger partial charge in [0.05, 0.1) is 46.7 Å². The molecule has 0 bridgehead atoms. The van der Waals surface area contributed by atoms with E-state index in [0.29, 0.717) is 96.7 Å². The average molecular weight is 824 g/mol. The number of hydrogen-bond donors (Lipinski definition) is 2. The third kappa shape index (κ3) is 7.62. The van der Waals surface area contributed by atoms with Crippen LogP contribution in [0, 0.1) is 17.2 Å². The lowest BCUT2D eigenvalue weighted by Gasteiger charge is -2.18. The van der Waals surface area contributed by atoms with Gasteiger partial charge in [0, 0.05) is 38.3 Å². The number of benzene rings is 3. The van der Waals surface area contributed by atoms with Gasteiger partial charge in [-0.05, 0) is 85.5 Å². The minimum Gasteiger partial charge on any atom is -0.480 e. The Bertz CT molecular complexity index is 2570. The van der Waals surface area contributed by atoms with E-state index in [0.717, 1.165) is 53.6 Å². The summed E-state index contributed by atoms with van der Waals surface area (Å²) in [5, 5.41) is 20.0. The SMILES string of the molecule is COc1nc(O[C@@H]2CCc3c(-c4cccc(-c5nc6cc(CN7CC[C@@H](C(=O)NS(=O)(=O)C8CC8)C7)cc(C#N)c6o5)c4Cl)cccc32)cnc1CN1CC[C@@H](O)C1. The van der Waals surface area contributed by atoms with Crippen LogP contribution in [-0.4, -0.2) is 88.8 Å². The highest BCUT2D eigenvalue weighted by Crippen LogP contribution is 2.44. The summed E-state index contributed by atoms with van der Waals surface area (Å²) in [6.07, 6.45) is 5.01. The van der Waals surface area contributed by atoms with Gasteiger partial charge in [-0.3, -0.25) is 19.3 Å². The van der Waals surface area contributed by atoms with Crippen LogP contribution < -0.4 is 14.2 Å². The number of methoxy groups -OCH3 is 1. The second-order valence-corrected chi connectivity index (χ2v) is 17.9. The van der Waals surface area contributed by atoms with Crippen LogP contribution in [0.4, 0.5) is 0 Å². The monoisotopic (exact) mass is 823 g/mol. The number of amides is 1. The molecule has 16 heteroatoms. The van der Waals surface area contributed by atoms with Crippen LogP contribution in [0.3, 0.4) is 0 Å². The predicted molar refractivity (Wildman–Crippen MR) is 214 cm³/mol. The van der Waals surface area contributed by atoms with Crippen molar-refractivity contribution in [2.75, 3.05) is 33.3 Å². The highest BCUT2D eigenvalue weighted by Gasteiger charge is 2.39. The summed E-state index contributed by atoms with van der Waals surface area (Å²) >= 11 is 7.19. The number of aliphatic hydroxyl groups is 1. The first kappa shape index (κ1) is 38.4. The summed E-state index contributed by atoms with van der Waals surface area (Å²) in [5.41, 5.74) is 7.26. The number of aromatic nitrogens is 3. The number of β-amino-alcohol motifs (C(OH)–C–C–N with tert-alkyl or cyclic N) is 1. The molecule has 300 valence electrons. The first-order valence-corrected chi connectivity index (χ1v) is 21.5. The maximum absolute atomic E-state index is 12.7. The Morgan fingerprint density at radius 1 is 1.02 bits per heavy atom. The molecule has 2 aromatic heterocycles. The van der Waals surface area contributed by atoms with Gasteiger partial charge in [-0.25, -0.2) is 18.4 Å². The number of carbonyl (C=O) groups excluding carboxylic acids is 1. The standard InChI is InChI=1S/C42H42ClN7O7S/c1-55-42-35(23-50-15-13-27(51)22-50)45-19-37(47-42)56-36-11-10-30-29(4-2-5-31(30)36)32-6-3-7-33(38(32)43)41-46-34-17-24(16-26(18-44)39(34)57-41)20-49-14-12-25(21-49)40(52)48-58(53,54)28-8-9-28/h2-7,16-17,19,25,27-28,36,51H,8-15,20-23H2,1H3,(H,48,52)/t25-,27-,36-/m1/s1. The van der Waals surface area contributed by atoms with Crippen LogP contribution in [0.25, 0.3) is 33.7 Å². The molecule has 0 spiro atoms. The van der Waals surface area contributed by atoms with Gasteiger partial charge in [-0.15, -0.1) is 0 Å². The fourth-order valence-corrected chi connectivity index (χ4v) is 10.1. The molecule has 3 atom stereocenters. The Morgan fingerprint density at radius 3 is 2.57 bits per heavy atom. The van der Waals surface area contributed by atoms with E-state index in [-0.39, 0.29) is 18.1 Å². The first-order valence-electron chi connectivity index (χ1n) is 19.6. The number of likely N-dealkylation sites (tertiary alicyclic amines) is 2. The molecule has 3 aromatic carbocycles. The van der Waals surface area contributed by atoms with Gasteiger partial charge in [-0.1, -0.05) is 41.9 Å². The summed E-state index contributed by atoms with van der Waals surface area (Å²) in [4.78, 5) is 31.0. The maximum atomic E-state index is 12.7. The third-order valence-electron chi connectivity index (χ3n) is 11.5. The molecule has 0 unspecified atom stereocenters. The zero-order chi connectivity index (χ0) is 40.1. The van der Waals surface area contributed by atoms with Gasteiger partial charge in [-0.2, -0.15) is 10.2 Å². The van der Waals surface area contributed by atoms with E-state index >= 15 is 0 Å². The number of nitriles is 1. The molecule has 2 N–H and O–H groups in total. The van der Waals surface area contributed by atoms with Crippen molar-refractivity contribution in [3.63, 3.8) is 0 Å². The Hall–Kier alpha value is -5.11. The topological polar surface area (TPSA) is 184 Å². The zero-order valence-corrected chi connectivity index (χ0v) is 33.4. The number of hydrogen-bond acceptors (Lipinski definition) is 13. The largest absolute Gasteiger partial charge is 0.480 e. The molecule has 2 aliphatic carbocycles. The zero-order valence-electron chi connectivity index (χ0n) is 31.9. The Kier molecular flexibility index (Phi) is 10.3. The molecule has 1 saturated carbocycles. The van der Waals surface area contributed by atoms with Crippen LogP contribution in [0.5, 0.6) is 11.8 Å². The van der Waals surface area contributed by atoms with Crippen molar-refractivity contribution >= 4 is 38.6 Å². The van der Waals surface area contributed by atoms with Gasteiger partial charge >= 0.3 is 0 Å². The van der Waals surface area contributed by atoms with E-state index in [1.54, 1.807) is 19.4 Å². The lowest BCUT2D eigenvalue weighted by atomic mass is 9.95.